The lowest BCUT2D eigenvalue weighted by Crippen LogP contribution is -2.19. The number of hydrogen-bond acceptors (Lipinski definition) is 2. The Morgan fingerprint density at radius 3 is 2.75 bits per heavy atom. The molecule has 0 bridgehead atoms. The maximum atomic E-state index is 10.5. The van der Waals surface area contributed by atoms with Crippen LogP contribution in [0.4, 0.5) is 4.79 Å². The molecule has 1 amide bonds. The van der Waals surface area contributed by atoms with E-state index in [1.54, 1.807) is 7.11 Å². The third-order valence-corrected chi connectivity index (χ3v) is 2.76. The van der Waals surface area contributed by atoms with Crippen LogP contribution in [-0.4, -0.2) is 19.0 Å². The first-order valence-corrected chi connectivity index (χ1v) is 5.56. The number of rotatable bonds is 4. The molecule has 88 valence electrons. The van der Waals surface area contributed by atoms with E-state index in [2.05, 4.69) is 5.32 Å². The molecule has 0 aliphatic heterocycles. The highest BCUT2D eigenvalue weighted by Gasteiger charge is 2.07. The second kappa shape index (κ2) is 5.97. The van der Waals surface area contributed by atoms with Crippen molar-refractivity contribution < 1.29 is 9.53 Å². The number of amides is 1. The topological polar surface area (TPSA) is 38.3 Å². The molecule has 0 radical (unpaired) electrons. The highest BCUT2D eigenvalue weighted by atomic mass is 35.5. The van der Waals surface area contributed by atoms with E-state index >= 15 is 0 Å². The zero-order valence-corrected chi connectivity index (χ0v) is 10.7. The molecule has 0 fully saturated rings. The summed E-state index contributed by atoms with van der Waals surface area (Å²) in [7, 11) is 1.60. The van der Waals surface area contributed by atoms with Crippen molar-refractivity contribution in [1.82, 2.24) is 5.32 Å². The van der Waals surface area contributed by atoms with Gasteiger partial charge < -0.3 is 10.1 Å². The minimum atomic E-state index is -0.558. The lowest BCUT2D eigenvalue weighted by atomic mass is 10.1. The Labute approximate surface area is 105 Å². The number of carbonyl (C=O) groups is 1. The molecule has 0 atom stereocenters. The normalized spacial score (nSPS) is 10.0. The van der Waals surface area contributed by atoms with Crippen molar-refractivity contribution >= 4 is 28.6 Å². The first-order chi connectivity index (χ1) is 7.54. The second-order valence-electron chi connectivity index (χ2n) is 3.36. The SMILES string of the molecule is COc1cc(C)c(Cl)cc1CCNC(=O)Cl. The largest absolute Gasteiger partial charge is 0.496 e. The third-order valence-electron chi connectivity index (χ3n) is 2.22. The van der Waals surface area contributed by atoms with Gasteiger partial charge in [-0.15, -0.1) is 0 Å². The van der Waals surface area contributed by atoms with Crippen molar-refractivity contribution in [3.63, 3.8) is 0 Å². The summed E-state index contributed by atoms with van der Waals surface area (Å²) in [5.41, 5.74) is 1.91. The van der Waals surface area contributed by atoms with Gasteiger partial charge in [-0.3, -0.25) is 4.79 Å². The predicted octanol–water partition coefficient (Wildman–Crippen LogP) is 3.15. The summed E-state index contributed by atoms with van der Waals surface area (Å²) >= 11 is 11.2. The van der Waals surface area contributed by atoms with Gasteiger partial charge in [-0.05, 0) is 48.2 Å². The van der Waals surface area contributed by atoms with E-state index in [1.165, 1.54) is 0 Å². The molecule has 1 aromatic carbocycles. The highest BCUT2D eigenvalue weighted by molar-refractivity contribution is 6.62. The zero-order valence-electron chi connectivity index (χ0n) is 9.14. The monoisotopic (exact) mass is 261 g/mol. The predicted molar refractivity (Wildman–Crippen MR) is 65.7 cm³/mol. The second-order valence-corrected chi connectivity index (χ2v) is 4.11. The fourth-order valence-corrected chi connectivity index (χ4v) is 1.66. The van der Waals surface area contributed by atoms with Gasteiger partial charge >= 0.3 is 5.37 Å². The Balaban J connectivity index is 2.77. The molecule has 0 aliphatic carbocycles. The van der Waals surface area contributed by atoms with Gasteiger partial charge in [0, 0.05) is 11.6 Å². The fourth-order valence-electron chi connectivity index (χ4n) is 1.38. The van der Waals surface area contributed by atoms with Gasteiger partial charge in [0.1, 0.15) is 5.75 Å². The van der Waals surface area contributed by atoms with Crippen LogP contribution in [0.15, 0.2) is 12.1 Å². The summed E-state index contributed by atoms with van der Waals surface area (Å²) in [6.07, 6.45) is 0.627. The minimum Gasteiger partial charge on any atom is -0.496 e. The van der Waals surface area contributed by atoms with Gasteiger partial charge in [0.2, 0.25) is 0 Å². The number of aryl methyl sites for hydroxylation is 1. The van der Waals surface area contributed by atoms with Crippen molar-refractivity contribution in [2.45, 2.75) is 13.3 Å². The van der Waals surface area contributed by atoms with Crippen molar-refractivity contribution in [3.05, 3.63) is 28.3 Å². The molecule has 3 nitrogen and oxygen atoms in total. The lowest BCUT2D eigenvalue weighted by molar-refractivity contribution is 0.260. The molecule has 16 heavy (non-hydrogen) atoms. The Bertz CT molecular complexity index is 394. The smallest absolute Gasteiger partial charge is 0.313 e. The minimum absolute atomic E-state index is 0.456. The molecule has 1 rings (SSSR count). The summed E-state index contributed by atoms with van der Waals surface area (Å²) in [6, 6.07) is 3.72. The van der Waals surface area contributed by atoms with E-state index in [9.17, 15) is 4.79 Å². The number of carbonyl (C=O) groups excluding carboxylic acids is 1. The zero-order chi connectivity index (χ0) is 12.1. The molecule has 0 unspecified atom stereocenters. The molecule has 1 N–H and O–H groups in total. The molecule has 1 aromatic rings. The molecule has 0 aromatic heterocycles. The third kappa shape index (κ3) is 3.58. The Hall–Kier alpha value is -0.930. The number of ether oxygens (including phenoxy) is 1. The van der Waals surface area contributed by atoms with Crippen LogP contribution in [0.1, 0.15) is 11.1 Å². The van der Waals surface area contributed by atoms with E-state index in [-0.39, 0.29) is 0 Å². The molecule has 5 heteroatoms. The van der Waals surface area contributed by atoms with Crippen LogP contribution in [0.5, 0.6) is 5.75 Å². The van der Waals surface area contributed by atoms with E-state index < -0.39 is 5.37 Å². The maximum Gasteiger partial charge on any atom is 0.313 e. The highest BCUT2D eigenvalue weighted by Crippen LogP contribution is 2.26. The van der Waals surface area contributed by atoms with Crippen LogP contribution in [-0.2, 0) is 6.42 Å². The summed E-state index contributed by atoms with van der Waals surface area (Å²) in [5.74, 6) is 0.769. The molecule has 0 aliphatic rings. The van der Waals surface area contributed by atoms with Crippen molar-refractivity contribution in [2.75, 3.05) is 13.7 Å². The van der Waals surface area contributed by atoms with Gasteiger partial charge in [-0.25, -0.2) is 0 Å². The fraction of sp³-hybridized carbons (Fsp3) is 0.364. The van der Waals surface area contributed by atoms with Crippen LogP contribution < -0.4 is 10.1 Å². The van der Waals surface area contributed by atoms with Gasteiger partial charge in [0.15, 0.2) is 0 Å². The van der Waals surface area contributed by atoms with Gasteiger partial charge in [0.25, 0.3) is 0 Å². The summed E-state index contributed by atoms with van der Waals surface area (Å²) in [4.78, 5) is 10.5. The van der Waals surface area contributed by atoms with Crippen molar-refractivity contribution in [1.29, 1.82) is 0 Å². The molecule has 0 spiro atoms. The van der Waals surface area contributed by atoms with Crippen LogP contribution in [0.25, 0.3) is 0 Å². The Morgan fingerprint density at radius 1 is 1.50 bits per heavy atom. The molecule has 0 saturated heterocycles. The molecular weight excluding hydrogens is 249 g/mol. The van der Waals surface area contributed by atoms with E-state index in [1.807, 2.05) is 19.1 Å². The summed E-state index contributed by atoms with van der Waals surface area (Å²) < 4.78 is 5.23. The number of halogens is 2. The van der Waals surface area contributed by atoms with Crippen LogP contribution in [0.3, 0.4) is 0 Å². The number of methoxy groups -OCH3 is 1. The first kappa shape index (κ1) is 13.1. The Morgan fingerprint density at radius 2 is 2.19 bits per heavy atom. The average Bonchev–Trinajstić information content (AvgIpc) is 2.22. The number of hydrogen-bond donors (Lipinski definition) is 1. The standard InChI is InChI=1S/C11H13Cl2NO2/c1-7-5-10(16-2)8(6-9(7)12)3-4-14-11(13)15/h5-6H,3-4H2,1-2H3,(H,14,15). The van der Waals surface area contributed by atoms with Gasteiger partial charge in [-0.2, -0.15) is 0 Å². The molecule has 0 saturated carbocycles. The van der Waals surface area contributed by atoms with Crippen LogP contribution >= 0.6 is 23.2 Å². The maximum absolute atomic E-state index is 10.5. The number of nitrogens with one attached hydrogen (secondary N) is 1. The van der Waals surface area contributed by atoms with E-state index in [0.717, 1.165) is 16.9 Å². The molecular formula is C11H13Cl2NO2. The van der Waals surface area contributed by atoms with Crippen molar-refractivity contribution in [3.8, 4) is 5.75 Å². The van der Waals surface area contributed by atoms with Gasteiger partial charge in [0.05, 0.1) is 7.11 Å². The van der Waals surface area contributed by atoms with E-state index in [0.29, 0.717) is 18.0 Å². The quantitative estimate of drug-likeness (QED) is 0.668. The van der Waals surface area contributed by atoms with Crippen molar-refractivity contribution in [2.24, 2.45) is 0 Å². The summed E-state index contributed by atoms with van der Waals surface area (Å²) in [5, 5.41) is 2.64. The van der Waals surface area contributed by atoms with E-state index in [4.69, 9.17) is 27.9 Å². The van der Waals surface area contributed by atoms with Crippen LogP contribution in [0.2, 0.25) is 5.02 Å². The molecule has 0 heterocycles. The first-order valence-electron chi connectivity index (χ1n) is 4.81. The Kier molecular flexibility index (Phi) is 4.90. The summed E-state index contributed by atoms with van der Waals surface area (Å²) in [6.45, 7) is 2.37. The average molecular weight is 262 g/mol. The van der Waals surface area contributed by atoms with Gasteiger partial charge in [-0.1, -0.05) is 11.6 Å². The van der Waals surface area contributed by atoms with Crippen LogP contribution in [0, 0.1) is 6.92 Å². The lowest BCUT2D eigenvalue weighted by Gasteiger charge is -2.10. The number of benzene rings is 1.